The summed E-state index contributed by atoms with van der Waals surface area (Å²) in [6.07, 6.45) is 0. The summed E-state index contributed by atoms with van der Waals surface area (Å²) >= 11 is 0. The molecule has 0 saturated heterocycles. The maximum absolute atomic E-state index is 12.1. The van der Waals surface area contributed by atoms with E-state index in [2.05, 4.69) is 5.32 Å². The van der Waals surface area contributed by atoms with Crippen LogP contribution in [-0.2, 0) is 9.53 Å². The largest absolute Gasteiger partial charge is 0.454 e. The van der Waals surface area contributed by atoms with Gasteiger partial charge >= 0.3 is 5.97 Å². The molecule has 0 unspecified atom stereocenters. The number of hydrogen-bond acceptors (Lipinski definition) is 4. The number of furan rings is 1. The molecule has 106 valence electrons. The van der Waals surface area contributed by atoms with Gasteiger partial charge in [-0.2, -0.15) is 0 Å². The van der Waals surface area contributed by atoms with Crippen LogP contribution < -0.4 is 5.32 Å². The number of rotatable bonds is 2. The Kier molecular flexibility index (Phi) is 3.53. The highest BCUT2D eigenvalue weighted by molar-refractivity contribution is 6.08. The smallest absolute Gasteiger partial charge is 0.375 e. The standard InChI is InChI=1S/C15H17NO4/c1-9(17)16-13-11-8-6-5-7-10(11)12(19-13)14(18)20-15(2,3)4/h5-8H,1-4H3,(H,16,17). The van der Waals surface area contributed by atoms with Crippen molar-refractivity contribution in [2.75, 3.05) is 5.32 Å². The van der Waals surface area contributed by atoms with Crippen molar-refractivity contribution in [1.29, 1.82) is 0 Å². The number of ether oxygens (including phenoxy) is 1. The van der Waals surface area contributed by atoms with Crippen LogP contribution in [-0.4, -0.2) is 17.5 Å². The van der Waals surface area contributed by atoms with E-state index in [1.54, 1.807) is 39.0 Å². The molecule has 0 aliphatic heterocycles. The molecule has 1 amide bonds. The molecule has 20 heavy (non-hydrogen) atoms. The molecule has 0 atom stereocenters. The van der Waals surface area contributed by atoms with Crippen molar-refractivity contribution >= 4 is 28.5 Å². The zero-order valence-corrected chi connectivity index (χ0v) is 11.9. The molecule has 0 saturated carbocycles. The molecule has 0 bridgehead atoms. The second kappa shape index (κ2) is 5.00. The molecule has 0 fully saturated rings. The van der Waals surface area contributed by atoms with E-state index in [9.17, 15) is 9.59 Å². The van der Waals surface area contributed by atoms with Crippen molar-refractivity contribution in [2.24, 2.45) is 0 Å². The maximum Gasteiger partial charge on any atom is 0.375 e. The number of fused-ring (bicyclic) bond motifs is 1. The fourth-order valence-corrected chi connectivity index (χ4v) is 1.82. The Morgan fingerprint density at radius 1 is 1.15 bits per heavy atom. The third-order valence-electron chi connectivity index (χ3n) is 2.49. The van der Waals surface area contributed by atoms with E-state index in [4.69, 9.17) is 9.15 Å². The number of amides is 1. The van der Waals surface area contributed by atoms with Gasteiger partial charge in [0.1, 0.15) is 5.60 Å². The van der Waals surface area contributed by atoms with E-state index in [0.717, 1.165) is 0 Å². The van der Waals surface area contributed by atoms with Crippen molar-refractivity contribution in [3.05, 3.63) is 30.0 Å². The number of hydrogen-bond donors (Lipinski definition) is 1. The van der Waals surface area contributed by atoms with Crippen molar-refractivity contribution in [2.45, 2.75) is 33.3 Å². The van der Waals surface area contributed by atoms with Crippen molar-refractivity contribution < 1.29 is 18.7 Å². The van der Waals surface area contributed by atoms with Gasteiger partial charge in [-0.3, -0.25) is 10.1 Å². The first-order valence-electron chi connectivity index (χ1n) is 6.30. The molecule has 5 nitrogen and oxygen atoms in total. The Morgan fingerprint density at radius 3 is 2.30 bits per heavy atom. The van der Waals surface area contributed by atoms with Crippen molar-refractivity contribution in [3.8, 4) is 0 Å². The number of esters is 1. The molecular formula is C15H17NO4. The predicted octanol–water partition coefficient (Wildman–Crippen LogP) is 3.35. The van der Waals surface area contributed by atoms with Crippen LogP contribution in [0.1, 0.15) is 38.2 Å². The second-order valence-electron chi connectivity index (χ2n) is 5.49. The number of nitrogens with one attached hydrogen (secondary N) is 1. The minimum absolute atomic E-state index is 0.0966. The topological polar surface area (TPSA) is 68.5 Å². The van der Waals surface area contributed by atoms with E-state index in [0.29, 0.717) is 10.8 Å². The number of carbonyl (C=O) groups is 2. The SMILES string of the molecule is CC(=O)Nc1oc(C(=O)OC(C)(C)C)c2ccccc12. The lowest BCUT2D eigenvalue weighted by molar-refractivity contribution is -0.114. The highest BCUT2D eigenvalue weighted by Crippen LogP contribution is 2.31. The Balaban J connectivity index is 2.48. The van der Waals surface area contributed by atoms with Gasteiger partial charge in [0.2, 0.25) is 17.6 Å². The van der Waals surface area contributed by atoms with Gasteiger partial charge in [0.05, 0.1) is 0 Å². The molecule has 2 rings (SSSR count). The Morgan fingerprint density at radius 2 is 1.75 bits per heavy atom. The quantitative estimate of drug-likeness (QED) is 0.853. The first-order chi connectivity index (χ1) is 9.28. The highest BCUT2D eigenvalue weighted by Gasteiger charge is 2.25. The summed E-state index contributed by atoms with van der Waals surface area (Å²) in [5.41, 5.74) is -0.612. The van der Waals surface area contributed by atoms with Gasteiger partial charge in [0, 0.05) is 17.7 Å². The van der Waals surface area contributed by atoms with E-state index in [-0.39, 0.29) is 17.6 Å². The molecule has 1 N–H and O–H groups in total. The van der Waals surface area contributed by atoms with E-state index >= 15 is 0 Å². The Labute approximate surface area is 116 Å². The average molecular weight is 275 g/mol. The lowest BCUT2D eigenvalue weighted by atomic mass is 10.1. The summed E-state index contributed by atoms with van der Waals surface area (Å²) in [7, 11) is 0. The van der Waals surface area contributed by atoms with Crippen molar-refractivity contribution in [1.82, 2.24) is 0 Å². The molecular weight excluding hydrogens is 258 g/mol. The minimum atomic E-state index is -0.612. The van der Waals surface area contributed by atoms with Gasteiger partial charge in [-0.05, 0) is 26.8 Å². The number of carbonyl (C=O) groups excluding carboxylic acids is 2. The van der Waals surface area contributed by atoms with Crippen LogP contribution in [0.25, 0.3) is 10.8 Å². The number of anilines is 1. The van der Waals surface area contributed by atoms with Gasteiger partial charge < -0.3 is 9.15 Å². The van der Waals surface area contributed by atoms with Gasteiger partial charge in [-0.1, -0.05) is 18.2 Å². The Hall–Kier alpha value is -2.30. The third kappa shape index (κ3) is 2.99. The van der Waals surface area contributed by atoms with Crippen LogP contribution in [0, 0.1) is 0 Å². The van der Waals surface area contributed by atoms with Gasteiger partial charge in [0.15, 0.2) is 0 Å². The molecule has 0 radical (unpaired) electrons. The zero-order chi connectivity index (χ0) is 14.9. The lowest BCUT2D eigenvalue weighted by Gasteiger charge is -2.18. The van der Waals surface area contributed by atoms with Crippen LogP contribution in [0.2, 0.25) is 0 Å². The molecule has 1 aromatic carbocycles. The van der Waals surface area contributed by atoms with Gasteiger partial charge in [0.25, 0.3) is 0 Å². The molecule has 0 spiro atoms. The highest BCUT2D eigenvalue weighted by atomic mass is 16.6. The second-order valence-corrected chi connectivity index (χ2v) is 5.49. The minimum Gasteiger partial charge on any atom is -0.454 e. The van der Waals surface area contributed by atoms with E-state index in [1.807, 2.05) is 6.07 Å². The summed E-state index contributed by atoms with van der Waals surface area (Å²) in [6.45, 7) is 6.73. The molecule has 1 aromatic heterocycles. The fourth-order valence-electron chi connectivity index (χ4n) is 1.82. The Bertz CT molecular complexity index is 664. The zero-order valence-electron chi connectivity index (χ0n) is 11.9. The molecule has 0 aliphatic rings. The van der Waals surface area contributed by atoms with Gasteiger partial charge in [-0.15, -0.1) is 0 Å². The molecule has 0 aliphatic carbocycles. The summed E-state index contributed by atoms with van der Waals surface area (Å²) in [4.78, 5) is 23.3. The average Bonchev–Trinajstić information content (AvgIpc) is 2.66. The number of benzene rings is 1. The fraction of sp³-hybridized carbons (Fsp3) is 0.333. The maximum atomic E-state index is 12.1. The normalized spacial score (nSPS) is 11.4. The third-order valence-corrected chi connectivity index (χ3v) is 2.49. The summed E-state index contributed by atoms with van der Waals surface area (Å²) in [5.74, 6) is -0.459. The molecule has 2 aromatic rings. The summed E-state index contributed by atoms with van der Waals surface area (Å²) in [6, 6.07) is 7.13. The van der Waals surface area contributed by atoms with E-state index in [1.165, 1.54) is 6.92 Å². The van der Waals surface area contributed by atoms with Crippen LogP contribution in [0.15, 0.2) is 28.7 Å². The van der Waals surface area contributed by atoms with Crippen LogP contribution in [0.4, 0.5) is 5.88 Å². The predicted molar refractivity (Wildman–Crippen MR) is 75.7 cm³/mol. The first kappa shape index (κ1) is 14.1. The molecule has 1 heterocycles. The summed E-state index contributed by atoms with van der Waals surface area (Å²) < 4.78 is 10.8. The van der Waals surface area contributed by atoms with Crippen LogP contribution >= 0.6 is 0 Å². The van der Waals surface area contributed by atoms with Crippen LogP contribution in [0.5, 0.6) is 0 Å². The summed E-state index contributed by atoms with van der Waals surface area (Å²) in [5, 5.41) is 3.86. The van der Waals surface area contributed by atoms with Crippen molar-refractivity contribution in [3.63, 3.8) is 0 Å². The first-order valence-corrected chi connectivity index (χ1v) is 6.30. The van der Waals surface area contributed by atoms with Gasteiger partial charge in [-0.25, -0.2) is 4.79 Å². The molecule has 5 heteroatoms. The van der Waals surface area contributed by atoms with E-state index < -0.39 is 11.6 Å². The monoisotopic (exact) mass is 275 g/mol. The lowest BCUT2D eigenvalue weighted by Crippen LogP contribution is -2.23. The van der Waals surface area contributed by atoms with Crippen LogP contribution in [0.3, 0.4) is 0 Å².